The molecule has 7 nitrogen and oxygen atoms in total. The quantitative estimate of drug-likeness (QED) is 0.817. The highest BCUT2D eigenvalue weighted by atomic mass is 35.5. The molecule has 0 aromatic carbocycles. The number of piperazine rings is 1. The van der Waals surface area contributed by atoms with Crippen molar-refractivity contribution in [3.8, 4) is 6.07 Å². The van der Waals surface area contributed by atoms with E-state index in [4.69, 9.17) is 16.9 Å². The molecule has 1 N–H and O–H groups in total. The summed E-state index contributed by atoms with van der Waals surface area (Å²) in [6.07, 6.45) is 3.08. The molecular formula is C15H18ClN6O. The van der Waals surface area contributed by atoms with Crippen LogP contribution >= 0.6 is 11.6 Å². The molecule has 0 saturated carbocycles. The van der Waals surface area contributed by atoms with E-state index in [0.717, 1.165) is 30.0 Å². The summed E-state index contributed by atoms with van der Waals surface area (Å²) in [7, 11) is 0. The van der Waals surface area contributed by atoms with E-state index in [2.05, 4.69) is 26.3 Å². The number of nitrogens with zero attached hydrogens (tertiary/aromatic N) is 5. The molecule has 23 heavy (non-hydrogen) atoms. The molecule has 2 atom stereocenters. The summed E-state index contributed by atoms with van der Waals surface area (Å²) < 4.78 is 0. The van der Waals surface area contributed by atoms with E-state index in [-0.39, 0.29) is 23.8 Å². The highest BCUT2D eigenvalue weighted by Gasteiger charge is 2.34. The number of rotatable bonds is 3. The molecule has 1 aromatic heterocycles. The van der Waals surface area contributed by atoms with Gasteiger partial charge in [-0.05, 0) is 31.5 Å². The number of carbonyl (C=O) groups excluding carboxylic acids is 1. The Morgan fingerprint density at radius 3 is 3.00 bits per heavy atom. The number of fused-ring (bicyclic) bond motifs is 1. The zero-order valence-electron chi connectivity index (χ0n) is 12.9. The first-order valence-electron chi connectivity index (χ1n) is 7.68. The third-order valence-corrected chi connectivity index (χ3v) is 4.61. The lowest BCUT2D eigenvalue weighted by Crippen LogP contribution is -2.57. The minimum Gasteiger partial charge on any atom is -0.350 e. The van der Waals surface area contributed by atoms with Gasteiger partial charge in [0.15, 0.2) is 0 Å². The molecule has 1 aromatic rings. The van der Waals surface area contributed by atoms with Gasteiger partial charge in [-0.1, -0.05) is 0 Å². The van der Waals surface area contributed by atoms with Crippen molar-refractivity contribution in [1.82, 2.24) is 20.2 Å². The first kappa shape index (κ1) is 16.0. The third-order valence-electron chi connectivity index (χ3n) is 4.45. The predicted octanol–water partition coefficient (Wildman–Crippen LogP) is 0.636. The van der Waals surface area contributed by atoms with Crippen LogP contribution in [0, 0.1) is 11.3 Å². The minimum absolute atomic E-state index is 0.0799. The molecule has 1 saturated heterocycles. The molecule has 1 radical (unpaired) electrons. The van der Waals surface area contributed by atoms with Crippen LogP contribution in [0.4, 0.5) is 5.82 Å². The molecule has 0 unspecified atom stereocenters. The topological polar surface area (TPSA) is 85.2 Å². The van der Waals surface area contributed by atoms with Gasteiger partial charge in [-0.2, -0.15) is 5.26 Å². The summed E-state index contributed by atoms with van der Waals surface area (Å²) in [6.45, 7) is 4.67. The van der Waals surface area contributed by atoms with E-state index >= 15 is 0 Å². The van der Waals surface area contributed by atoms with Gasteiger partial charge in [-0.25, -0.2) is 9.97 Å². The Morgan fingerprint density at radius 2 is 2.26 bits per heavy atom. The molecule has 2 aliphatic heterocycles. The van der Waals surface area contributed by atoms with Gasteiger partial charge in [-0.15, -0.1) is 0 Å². The maximum atomic E-state index is 11.1. The van der Waals surface area contributed by atoms with Gasteiger partial charge >= 0.3 is 6.41 Å². The second kappa shape index (κ2) is 6.69. The lowest BCUT2D eigenvalue weighted by Gasteiger charge is -2.44. The van der Waals surface area contributed by atoms with Crippen molar-refractivity contribution in [2.24, 2.45) is 0 Å². The van der Waals surface area contributed by atoms with Gasteiger partial charge in [0, 0.05) is 31.2 Å². The summed E-state index contributed by atoms with van der Waals surface area (Å²) in [5.41, 5.74) is 2.04. The van der Waals surface area contributed by atoms with Gasteiger partial charge in [0.1, 0.15) is 5.82 Å². The number of anilines is 1. The molecule has 8 heteroatoms. The normalized spacial score (nSPS) is 24.0. The average molecular weight is 334 g/mol. The van der Waals surface area contributed by atoms with Crippen LogP contribution in [0.3, 0.4) is 0 Å². The summed E-state index contributed by atoms with van der Waals surface area (Å²) in [6, 6.07) is 2.05. The highest BCUT2D eigenvalue weighted by molar-refractivity contribution is 6.28. The fourth-order valence-electron chi connectivity index (χ4n) is 3.27. The number of halogens is 1. The summed E-state index contributed by atoms with van der Waals surface area (Å²) in [5, 5.41) is 12.5. The van der Waals surface area contributed by atoms with Crippen LogP contribution in [-0.2, 0) is 17.8 Å². The molecule has 1 fully saturated rings. The highest BCUT2D eigenvalue weighted by Crippen LogP contribution is 2.29. The van der Waals surface area contributed by atoms with Crippen LogP contribution in [0.2, 0.25) is 5.28 Å². The molecule has 3 rings (SSSR count). The predicted molar refractivity (Wildman–Crippen MR) is 85.7 cm³/mol. The summed E-state index contributed by atoms with van der Waals surface area (Å²) >= 11 is 6.10. The Hall–Kier alpha value is -1.91. The SMILES string of the molecule is C[C@@H]1CN([C]=O)[C@@H](CC#N)CN1c1nc(Cl)nc2c1CCNC2. The molecule has 0 bridgehead atoms. The van der Waals surface area contributed by atoms with Crippen LogP contribution in [0.5, 0.6) is 0 Å². The second-order valence-electron chi connectivity index (χ2n) is 5.93. The van der Waals surface area contributed by atoms with Crippen molar-refractivity contribution in [2.75, 3.05) is 24.5 Å². The maximum Gasteiger partial charge on any atom is 0.312 e. The number of amides is 1. The lowest BCUT2D eigenvalue weighted by molar-refractivity contribution is 0.238. The molecule has 0 spiro atoms. The van der Waals surface area contributed by atoms with E-state index in [1.807, 2.05) is 13.3 Å². The van der Waals surface area contributed by atoms with E-state index in [9.17, 15) is 4.79 Å². The average Bonchev–Trinajstić information content (AvgIpc) is 2.55. The van der Waals surface area contributed by atoms with E-state index in [1.54, 1.807) is 4.90 Å². The molecule has 121 valence electrons. The fourth-order valence-corrected chi connectivity index (χ4v) is 3.45. The second-order valence-corrected chi connectivity index (χ2v) is 6.27. The van der Waals surface area contributed by atoms with Gasteiger partial charge in [0.05, 0.1) is 24.2 Å². The lowest BCUT2D eigenvalue weighted by atomic mass is 10.0. The Bertz CT molecular complexity index is 646. The van der Waals surface area contributed by atoms with Gasteiger partial charge in [-0.3, -0.25) is 4.79 Å². The summed E-state index contributed by atoms with van der Waals surface area (Å²) in [4.78, 5) is 23.6. The third kappa shape index (κ3) is 3.09. The minimum atomic E-state index is -0.181. The van der Waals surface area contributed by atoms with Gasteiger partial charge in [0.25, 0.3) is 0 Å². The first-order valence-corrected chi connectivity index (χ1v) is 8.06. The number of aromatic nitrogens is 2. The van der Waals surface area contributed by atoms with Gasteiger partial charge in [0.2, 0.25) is 5.28 Å². The van der Waals surface area contributed by atoms with Crippen molar-refractivity contribution >= 4 is 23.8 Å². The standard InChI is InChI=1S/C15H18ClN6O/c1-10-7-21(9-23)11(2-4-17)8-22(10)14-12-3-5-18-6-13(12)19-15(16)20-14/h10-11,18H,2-3,5-8H2,1H3/t10-,11+/m1/s1. The summed E-state index contributed by atoms with van der Waals surface area (Å²) in [5.74, 6) is 0.836. The number of nitrogens with one attached hydrogen (secondary N) is 1. The zero-order chi connectivity index (χ0) is 16.4. The largest absolute Gasteiger partial charge is 0.350 e. The molecule has 0 aliphatic carbocycles. The Morgan fingerprint density at radius 1 is 1.43 bits per heavy atom. The maximum absolute atomic E-state index is 11.1. The number of hydrogen-bond acceptors (Lipinski definition) is 6. The molecule has 1 amide bonds. The van der Waals surface area contributed by atoms with E-state index in [1.165, 1.54) is 0 Å². The molecule has 2 aliphatic rings. The van der Waals surface area contributed by atoms with Crippen molar-refractivity contribution in [3.05, 3.63) is 16.5 Å². The van der Waals surface area contributed by atoms with Crippen molar-refractivity contribution in [2.45, 2.75) is 38.4 Å². The van der Waals surface area contributed by atoms with Crippen LogP contribution < -0.4 is 10.2 Å². The number of nitriles is 1. The molecule has 3 heterocycles. The monoisotopic (exact) mass is 333 g/mol. The van der Waals surface area contributed by atoms with Crippen LogP contribution in [-0.4, -0.2) is 53.0 Å². The van der Waals surface area contributed by atoms with E-state index in [0.29, 0.717) is 19.6 Å². The smallest absolute Gasteiger partial charge is 0.312 e. The Labute approximate surface area is 140 Å². The Balaban J connectivity index is 1.96. The fraction of sp³-hybridized carbons (Fsp3) is 0.600. The van der Waals surface area contributed by atoms with Crippen molar-refractivity contribution in [3.63, 3.8) is 0 Å². The van der Waals surface area contributed by atoms with Crippen LogP contribution in [0.15, 0.2) is 0 Å². The van der Waals surface area contributed by atoms with Crippen molar-refractivity contribution < 1.29 is 4.79 Å². The van der Waals surface area contributed by atoms with E-state index < -0.39 is 0 Å². The van der Waals surface area contributed by atoms with Crippen molar-refractivity contribution in [1.29, 1.82) is 5.26 Å². The first-order chi connectivity index (χ1) is 11.1. The van der Waals surface area contributed by atoms with Crippen LogP contribution in [0.1, 0.15) is 24.6 Å². The van der Waals surface area contributed by atoms with Crippen LogP contribution in [0.25, 0.3) is 0 Å². The zero-order valence-corrected chi connectivity index (χ0v) is 13.7. The number of hydrogen-bond donors (Lipinski definition) is 1. The Kier molecular flexibility index (Phi) is 4.64. The molecular weight excluding hydrogens is 316 g/mol. The van der Waals surface area contributed by atoms with Gasteiger partial charge < -0.3 is 15.1 Å².